The van der Waals surface area contributed by atoms with Crippen LogP contribution >= 0.6 is 0 Å². The van der Waals surface area contributed by atoms with Gasteiger partial charge in [-0.3, -0.25) is 10.1 Å². The smallest absolute Gasteiger partial charge is 0.413 e. The predicted molar refractivity (Wildman–Crippen MR) is 126 cm³/mol. The molecule has 0 aromatic heterocycles. The van der Waals surface area contributed by atoms with Crippen LogP contribution in [0, 0.1) is 16.0 Å². The first-order chi connectivity index (χ1) is 16.5. The van der Waals surface area contributed by atoms with E-state index in [-0.39, 0.29) is 29.5 Å². The quantitative estimate of drug-likeness (QED) is 0.229. The summed E-state index contributed by atoms with van der Waals surface area (Å²) < 4.78 is 15.6. The maximum atomic E-state index is 12.9. The molecule has 0 radical (unpaired) electrons. The SMILES string of the molecule is CCOC(=O)[C@H](CC(C)C)NC(=O)OC1=C(C)NC(C)=C(C(=O)OC)[C@H]1c1cccc([N+](=O)[O-])c1. The first kappa shape index (κ1) is 27.4. The first-order valence-electron chi connectivity index (χ1n) is 11.2. The van der Waals surface area contributed by atoms with Crippen LogP contribution in [0.25, 0.3) is 0 Å². The molecule has 1 heterocycles. The number of nitro benzene ring substituents is 1. The van der Waals surface area contributed by atoms with Gasteiger partial charge in [0.05, 0.1) is 35.8 Å². The van der Waals surface area contributed by atoms with Crippen molar-refractivity contribution in [3.63, 3.8) is 0 Å². The zero-order valence-corrected chi connectivity index (χ0v) is 20.7. The Morgan fingerprint density at radius 2 is 1.89 bits per heavy atom. The average molecular weight is 490 g/mol. The number of carbonyl (C=O) groups is 3. The molecule has 190 valence electrons. The molecule has 1 aromatic carbocycles. The van der Waals surface area contributed by atoms with Crippen LogP contribution in [0.2, 0.25) is 0 Å². The van der Waals surface area contributed by atoms with Crippen molar-refractivity contribution in [1.29, 1.82) is 0 Å². The molecule has 0 bridgehead atoms. The molecule has 0 fully saturated rings. The number of non-ortho nitro benzene ring substituents is 1. The third kappa shape index (κ3) is 6.81. The van der Waals surface area contributed by atoms with Crippen molar-refractivity contribution < 1.29 is 33.5 Å². The molecule has 2 atom stereocenters. The molecule has 0 aliphatic carbocycles. The van der Waals surface area contributed by atoms with Crippen LogP contribution in [0.5, 0.6) is 0 Å². The number of rotatable bonds is 9. The first-order valence-corrected chi connectivity index (χ1v) is 11.2. The Morgan fingerprint density at radius 3 is 2.46 bits per heavy atom. The van der Waals surface area contributed by atoms with E-state index < -0.39 is 34.9 Å². The van der Waals surface area contributed by atoms with E-state index in [0.29, 0.717) is 23.4 Å². The molecule has 11 heteroatoms. The van der Waals surface area contributed by atoms with Crippen LogP contribution in [0.1, 0.15) is 52.5 Å². The van der Waals surface area contributed by atoms with Gasteiger partial charge >= 0.3 is 18.0 Å². The molecule has 1 amide bonds. The zero-order valence-electron chi connectivity index (χ0n) is 20.7. The molecule has 1 aliphatic heterocycles. The summed E-state index contributed by atoms with van der Waals surface area (Å²) in [6, 6.07) is 4.76. The summed E-state index contributed by atoms with van der Waals surface area (Å²) in [5, 5.41) is 16.9. The highest BCUT2D eigenvalue weighted by Gasteiger charge is 2.37. The van der Waals surface area contributed by atoms with Crippen molar-refractivity contribution in [1.82, 2.24) is 10.6 Å². The lowest BCUT2D eigenvalue weighted by atomic mass is 9.85. The summed E-state index contributed by atoms with van der Waals surface area (Å²) in [5.74, 6) is -2.13. The van der Waals surface area contributed by atoms with Gasteiger partial charge in [-0.05, 0) is 38.7 Å². The fourth-order valence-corrected chi connectivity index (χ4v) is 3.83. The molecule has 0 saturated heterocycles. The number of alkyl carbamates (subject to hydrolysis) is 1. The van der Waals surface area contributed by atoms with E-state index in [4.69, 9.17) is 14.2 Å². The van der Waals surface area contributed by atoms with Crippen molar-refractivity contribution in [2.75, 3.05) is 13.7 Å². The normalized spacial score (nSPS) is 16.4. The van der Waals surface area contributed by atoms with Crippen LogP contribution < -0.4 is 10.6 Å². The maximum Gasteiger partial charge on any atom is 0.413 e. The number of methoxy groups -OCH3 is 1. The molecule has 1 aliphatic rings. The van der Waals surface area contributed by atoms with Gasteiger partial charge in [-0.15, -0.1) is 0 Å². The minimum Gasteiger partial charge on any atom is -0.466 e. The van der Waals surface area contributed by atoms with Gasteiger partial charge in [-0.2, -0.15) is 0 Å². The number of allylic oxidation sites excluding steroid dienone is 3. The largest absolute Gasteiger partial charge is 0.466 e. The molecule has 2 N–H and O–H groups in total. The number of nitrogens with one attached hydrogen (secondary N) is 2. The second kappa shape index (κ2) is 12.0. The third-order valence-electron chi connectivity index (χ3n) is 5.29. The Morgan fingerprint density at radius 1 is 1.20 bits per heavy atom. The molecule has 0 unspecified atom stereocenters. The Hall–Kier alpha value is -3.89. The third-order valence-corrected chi connectivity index (χ3v) is 5.29. The molecule has 35 heavy (non-hydrogen) atoms. The van der Waals surface area contributed by atoms with Crippen LogP contribution in [0.3, 0.4) is 0 Å². The van der Waals surface area contributed by atoms with E-state index in [1.54, 1.807) is 26.8 Å². The van der Waals surface area contributed by atoms with Crippen LogP contribution in [-0.2, 0) is 23.8 Å². The van der Waals surface area contributed by atoms with E-state index in [1.807, 2.05) is 13.8 Å². The number of esters is 2. The van der Waals surface area contributed by atoms with Crippen LogP contribution in [0.4, 0.5) is 10.5 Å². The summed E-state index contributed by atoms with van der Waals surface area (Å²) in [6.07, 6.45) is -0.607. The highest BCUT2D eigenvalue weighted by atomic mass is 16.6. The molecular formula is C24H31N3O8. The standard InChI is InChI=1S/C24H31N3O8/c1-7-34-22(28)18(11-13(2)3)26-24(30)35-21-15(5)25-14(4)19(23(29)33-6)20(21)16-9-8-10-17(12-16)27(31)32/h8-10,12-13,18,20,25H,7,11H2,1-6H3,(H,26,30)/t18-,20+/m0/s1. The number of nitrogens with zero attached hydrogens (tertiary/aromatic N) is 1. The van der Waals surface area contributed by atoms with Gasteiger partial charge in [-0.1, -0.05) is 26.0 Å². The van der Waals surface area contributed by atoms with E-state index in [9.17, 15) is 24.5 Å². The van der Waals surface area contributed by atoms with Crippen molar-refractivity contribution in [3.8, 4) is 0 Å². The molecule has 0 spiro atoms. The van der Waals surface area contributed by atoms with Gasteiger partial charge in [0.25, 0.3) is 5.69 Å². The number of ether oxygens (including phenoxy) is 3. The summed E-state index contributed by atoms with van der Waals surface area (Å²) >= 11 is 0. The highest BCUT2D eigenvalue weighted by Crippen LogP contribution is 2.40. The van der Waals surface area contributed by atoms with Crippen molar-refractivity contribution in [2.24, 2.45) is 5.92 Å². The highest BCUT2D eigenvalue weighted by molar-refractivity contribution is 5.92. The van der Waals surface area contributed by atoms with Gasteiger partial charge < -0.3 is 24.8 Å². The Bertz CT molecular complexity index is 1060. The second-order valence-electron chi connectivity index (χ2n) is 8.40. The predicted octanol–water partition coefficient (Wildman–Crippen LogP) is 3.66. The number of dihydropyridines is 1. The fraction of sp³-hybridized carbons (Fsp3) is 0.458. The van der Waals surface area contributed by atoms with E-state index in [1.165, 1.54) is 25.3 Å². The average Bonchev–Trinajstić information content (AvgIpc) is 2.79. The zero-order chi connectivity index (χ0) is 26.3. The lowest BCUT2D eigenvalue weighted by molar-refractivity contribution is -0.384. The lowest BCUT2D eigenvalue weighted by Gasteiger charge is -2.30. The van der Waals surface area contributed by atoms with Gasteiger partial charge in [0, 0.05) is 17.8 Å². The van der Waals surface area contributed by atoms with Crippen molar-refractivity contribution in [2.45, 2.75) is 53.0 Å². The number of amides is 1. The Kier molecular flexibility index (Phi) is 9.38. The minimum absolute atomic E-state index is 0.0427. The van der Waals surface area contributed by atoms with Gasteiger partial charge in [0.1, 0.15) is 11.8 Å². The molecular weight excluding hydrogens is 458 g/mol. The number of carbonyl (C=O) groups excluding carboxylic acids is 3. The summed E-state index contributed by atoms with van der Waals surface area (Å²) in [7, 11) is 1.21. The number of nitro groups is 1. The summed E-state index contributed by atoms with van der Waals surface area (Å²) in [6.45, 7) is 8.89. The van der Waals surface area contributed by atoms with Gasteiger partial charge in [0.2, 0.25) is 0 Å². The topological polar surface area (TPSA) is 146 Å². The molecule has 1 aromatic rings. The molecule has 11 nitrogen and oxygen atoms in total. The number of benzene rings is 1. The Labute approximate surface area is 203 Å². The van der Waals surface area contributed by atoms with Crippen molar-refractivity contribution in [3.05, 3.63) is 62.7 Å². The second-order valence-corrected chi connectivity index (χ2v) is 8.40. The Balaban J connectivity index is 2.47. The monoisotopic (exact) mass is 489 g/mol. The number of hydrogen-bond donors (Lipinski definition) is 2. The van der Waals surface area contributed by atoms with E-state index in [2.05, 4.69) is 10.6 Å². The molecule has 2 rings (SSSR count). The van der Waals surface area contributed by atoms with Gasteiger partial charge in [0.15, 0.2) is 0 Å². The van der Waals surface area contributed by atoms with Crippen LogP contribution in [0.15, 0.2) is 47.0 Å². The van der Waals surface area contributed by atoms with E-state index in [0.717, 1.165) is 0 Å². The van der Waals surface area contributed by atoms with Crippen molar-refractivity contribution >= 4 is 23.7 Å². The molecule has 0 saturated carbocycles. The summed E-state index contributed by atoms with van der Waals surface area (Å²) in [5.41, 5.74) is 1.15. The number of hydrogen-bond acceptors (Lipinski definition) is 9. The van der Waals surface area contributed by atoms with Gasteiger partial charge in [-0.25, -0.2) is 14.4 Å². The van der Waals surface area contributed by atoms with E-state index >= 15 is 0 Å². The summed E-state index contributed by atoms with van der Waals surface area (Å²) in [4.78, 5) is 48.7. The van der Waals surface area contributed by atoms with Crippen LogP contribution in [-0.4, -0.2) is 42.7 Å². The fourth-order valence-electron chi connectivity index (χ4n) is 3.83. The maximum absolute atomic E-state index is 12.9. The minimum atomic E-state index is -0.972. The lowest BCUT2D eigenvalue weighted by Crippen LogP contribution is -2.43.